The van der Waals surface area contributed by atoms with E-state index in [0.717, 1.165) is 17.0 Å². The largest absolute Gasteiger partial charge is 0.368 e. The van der Waals surface area contributed by atoms with Crippen molar-refractivity contribution in [3.8, 4) is 11.4 Å². The highest BCUT2D eigenvalue weighted by atomic mass is 32.2. The zero-order valence-electron chi connectivity index (χ0n) is 13.1. The molecule has 1 aromatic carbocycles. The molecule has 0 bridgehead atoms. The molecular formula is C15H19N5O2S. The highest BCUT2D eigenvalue weighted by Gasteiger charge is 2.15. The topological polar surface area (TPSA) is 103 Å². The molecule has 3 N–H and O–H groups in total. The lowest BCUT2D eigenvalue weighted by Gasteiger charge is -2.09. The molecule has 0 aliphatic carbocycles. The Kier molecular flexibility index (Phi) is 5.75. The molecule has 1 aromatic heterocycles. The molecule has 122 valence electrons. The molecule has 0 fully saturated rings. The summed E-state index contributed by atoms with van der Waals surface area (Å²) in [5.41, 5.74) is 7.12. The number of hydrogen-bond donors (Lipinski definition) is 2. The Morgan fingerprint density at radius 3 is 2.70 bits per heavy atom. The van der Waals surface area contributed by atoms with Crippen LogP contribution in [0.1, 0.15) is 12.5 Å². The molecule has 0 aliphatic heterocycles. The third-order valence-electron chi connectivity index (χ3n) is 3.21. The average molecular weight is 333 g/mol. The summed E-state index contributed by atoms with van der Waals surface area (Å²) in [6, 6.07) is 7.96. The van der Waals surface area contributed by atoms with Crippen LogP contribution in [0, 0.1) is 6.92 Å². The normalized spacial score (nSPS) is 10.5. The number of carbonyl (C=O) groups is 2. The van der Waals surface area contributed by atoms with Crippen molar-refractivity contribution >= 4 is 23.6 Å². The van der Waals surface area contributed by atoms with E-state index in [1.807, 2.05) is 42.7 Å². The summed E-state index contributed by atoms with van der Waals surface area (Å²) in [7, 11) is 0. The highest BCUT2D eigenvalue weighted by Crippen LogP contribution is 2.25. The molecule has 7 nitrogen and oxygen atoms in total. The van der Waals surface area contributed by atoms with E-state index in [9.17, 15) is 9.59 Å². The molecule has 0 saturated heterocycles. The number of thioether (sulfide) groups is 1. The van der Waals surface area contributed by atoms with Gasteiger partial charge in [-0.3, -0.25) is 9.59 Å². The lowest BCUT2D eigenvalue weighted by molar-refractivity contribution is -0.123. The van der Waals surface area contributed by atoms with Crippen LogP contribution in [-0.4, -0.2) is 38.9 Å². The van der Waals surface area contributed by atoms with Gasteiger partial charge < -0.3 is 15.6 Å². The number of hydrogen-bond acceptors (Lipinski definition) is 5. The number of nitrogens with two attached hydrogens (primary N) is 1. The predicted molar refractivity (Wildman–Crippen MR) is 88.8 cm³/mol. The third-order valence-corrected chi connectivity index (χ3v) is 4.18. The Balaban J connectivity index is 2.11. The fourth-order valence-electron chi connectivity index (χ4n) is 2.07. The Morgan fingerprint density at radius 2 is 2.04 bits per heavy atom. The van der Waals surface area contributed by atoms with Crippen LogP contribution in [0.4, 0.5) is 0 Å². The molecule has 8 heteroatoms. The third kappa shape index (κ3) is 4.32. The first kappa shape index (κ1) is 17.0. The molecule has 0 saturated carbocycles. The minimum Gasteiger partial charge on any atom is -0.368 e. The molecule has 2 amide bonds. The van der Waals surface area contributed by atoms with Crippen LogP contribution in [0.25, 0.3) is 11.4 Å². The predicted octanol–water partition coefficient (Wildman–Crippen LogP) is 0.967. The van der Waals surface area contributed by atoms with E-state index in [2.05, 4.69) is 15.5 Å². The zero-order valence-corrected chi connectivity index (χ0v) is 13.9. The SMILES string of the molecule is CCn1c(SCC(=O)NCC(N)=O)nnc1-c1ccccc1C. The second-order valence-corrected chi connectivity index (χ2v) is 5.84. The van der Waals surface area contributed by atoms with E-state index in [-0.39, 0.29) is 18.2 Å². The van der Waals surface area contributed by atoms with Crippen molar-refractivity contribution in [1.82, 2.24) is 20.1 Å². The minimum atomic E-state index is -0.568. The van der Waals surface area contributed by atoms with Gasteiger partial charge in [0.15, 0.2) is 11.0 Å². The van der Waals surface area contributed by atoms with Crippen LogP contribution in [-0.2, 0) is 16.1 Å². The fraction of sp³-hybridized carbons (Fsp3) is 0.333. The van der Waals surface area contributed by atoms with Gasteiger partial charge in [-0.25, -0.2) is 0 Å². The summed E-state index contributed by atoms with van der Waals surface area (Å²) >= 11 is 1.28. The van der Waals surface area contributed by atoms with Crippen LogP contribution in [0.3, 0.4) is 0 Å². The first-order valence-corrected chi connectivity index (χ1v) is 8.18. The summed E-state index contributed by atoms with van der Waals surface area (Å²) in [6.07, 6.45) is 0. The van der Waals surface area contributed by atoms with Gasteiger partial charge in [-0.05, 0) is 19.4 Å². The van der Waals surface area contributed by atoms with Crippen molar-refractivity contribution in [3.05, 3.63) is 29.8 Å². The van der Waals surface area contributed by atoms with E-state index in [0.29, 0.717) is 11.7 Å². The summed E-state index contributed by atoms with van der Waals surface area (Å²) in [6.45, 7) is 4.56. The van der Waals surface area contributed by atoms with Crippen molar-refractivity contribution < 1.29 is 9.59 Å². The number of nitrogens with zero attached hydrogens (tertiary/aromatic N) is 3. The van der Waals surface area contributed by atoms with Crippen molar-refractivity contribution in [3.63, 3.8) is 0 Å². The first-order chi connectivity index (χ1) is 11.0. The van der Waals surface area contributed by atoms with Gasteiger partial charge in [0.1, 0.15) is 0 Å². The van der Waals surface area contributed by atoms with Crippen molar-refractivity contribution in [1.29, 1.82) is 0 Å². The van der Waals surface area contributed by atoms with Crippen LogP contribution in [0.2, 0.25) is 0 Å². The van der Waals surface area contributed by atoms with Gasteiger partial charge in [-0.15, -0.1) is 10.2 Å². The zero-order chi connectivity index (χ0) is 16.8. The second kappa shape index (κ2) is 7.77. The fourth-order valence-corrected chi connectivity index (χ4v) is 2.90. The maximum Gasteiger partial charge on any atom is 0.236 e. The molecule has 1 heterocycles. The maximum absolute atomic E-state index is 11.7. The number of aromatic nitrogens is 3. The summed E-state index contributed by atoms with van der Waals surface area (Å²) in [5.74, 6) is 0.101. The second-order valence-electron chi connectivity index (χ2n) is 4.90. The summed E-state index contributed by atoms with van der Waals surface area (Å²) in [4.78, 5) is 22.3. The lowest BCUT2D eigenvalue weighted by Crippen LogP contribution is -2.34. The van der Waals surface area contributed by atoms with Gasteiger partial charge in [0.25, 0.3) is 0 Å². The standard InChI is InChI=1S/C15H19N5O2S/c1-3-20-14(11-7-5-4-6-10(11)2)18-19-15(20)23-9-13(22)17-8-12(16)21/h4-7H,3,8-9H2,1-2H3,(H2,16,21)(H,17,22). The number of aryl methyl sites for hydroxylation is 1. The van der Waals surface area contributed by atoms with Gasteiger partial charge in [0, 0.05) is 12.1 Å². The van der Waals surface area contributed by atoms with Crippen LogP contribution >= 0.6 is 11.8 Å². The van der Waals surface area contributed by atoms with E-state index in [4.69, 9.17) is 5.73 Å². The molecule has 2 rings (SSSR count). The van der Waals surface area contributed by atoms with E-state index in [1.54, 1.807) is 0 Å². The molecular weight excluding hydrogens is 314 g/mol. The first-order valence-electron chi connectivity index (χ1n) is 7.20. The Bertz CT molecular complexity index is 714. The van der Waals surface area contributed by atoms with Crippen molar-refractivity contribution in [2.75, 3.05) is 12.3 Å². The molecule has 0 spiro atoms. The monoisotopic (exact) mass is 333 g/mol. The van der Waals surface area contributed by atoms with Crippen LogP contribution in [0.15, 0.2) is 29.4 Å². The minimum absolute atomic E-state index is 0.152. The molecule has 2 aromatic rings. The number of amides is 2. The summed E-state index contributed by atoms with van der Waals surface area (Å²) in [5, 5.41) is 11.5. The Hall–Kier alpha value is -2.35. The Morgan fingerprint density at radius 1 is 1.30 bits per heavy atom. The van der Waals surface area contributed by atoms with Crippen LogP contribution < -0.4 is 11.1 Å². The number of carbonyl (C=O) groups excluding carboxylic acids is 2. The van der Waals surface area contributed by atoms with Gasteiger partial charge in [-0.1, -0.05) is 36.0 Å². The highest BCUT2D eigenvalue weighted by molar-refractivity contribution is 7.99. The lowest BCUT2D eigenvalue weighted by atomic mass is 10.1. The van der Waals surface area contributed by atoms with Gasteiger partial charge >= 0.3 is 0 Å². The van der Waals surface area contributed by atoms with E-state index < -0.39 is 5.91 Å². The average Bonchev–Trinajstić information content (AvgIpc) is 2.94. The van der Waals surface area contributed by atoms with Crippen LogP contribution in [0.5, 0.6) is 0 Å². The molecule has 0 atom stereocenters. The van der Waals surface area contributed by atoms with Crippen molar-refractivity contribution in [2.45, 2.75) is 25.5 Å². The number of primary amides is 1. The summed E-state index contributed by atoms with van der Waals surface area (Å²) < 4.78 is 1.97. The molecule has 0 radical (unpaired) electrons. The Labute approximate surface area is 138 Å². The smallest absolute Gasteiger partial charge is 0.236 e. The van der Waals surface area contributed by atoms with E-state index >= 15 is 0 Å². The van der Waals surface area contributed by atoms with Gasteiger partial charge in [0.05, 0.1) is 12.3 Å². The maximum atomic E-state index is 11.7. The number of nitrogens with one attached hydrogen (secondary N) is 1. The number of rotatable bonds is 7. The van der Waals surface area contributed by atoms with E-state index in [1.165, 1.54) is 11.8 Å². The molecule has 0 aliphatic rings. The quantitative estimate of drug-likeness (QED) is 0.735. The van der Waals surface area contributed by atoms with Gasteiger partial charge in [0.2, 0.25) is 11.8 Å². The molecule has 23 heavy (non-hydrogen) atoms. The number of benzene rings is 1. The molecule has 0 unspecified atom stereocenters. The van der Waals surface area contributed by atoms with Gasteiger partial charge in [-0.2, -0.15) is 0 Å². The van der Waals surface area contributed by atoms with Crippen molar-refractivity contribution in [2.24, 2.45) is 5.73 Å².